The molecule has 0 rings (SSSR count). The van der Waals surface area contributed by atoms with E-state index in [0.717, 1.165) is 57.8 Å². The van der Waals surface area contributed by atoms with Crippen molar-refractivity contribution in [3.63, 3.8) is 0 Å². The zero-order valence-electron chi connectivity index (χ0n) is 57.8. The van der Waals surface area contributed by atoms with Crippen molar-refractivity contribution in [2.75, 3.05) is 13.2 Å². The second-order valence-electron chi connectivity index (χ2n) is 26.3. The van der Waals surface area contributed by atoms with Gasteiger partial charge in [0.2, 0.25) is 5.91 Å². The van der Waals surface area contributed by atoms with Crippen LogP contribution in [0.5, 0.6) is 0 Å². The van der Waals surface area contributed by atoms with Crippen LogP contribution in [0.3, 0.4) is 0 Å². The van der Waals surface area contributed by atoms with Gasteiger partial charge in [-0.25, -0.2) is 0 Å². The highest BCUT2D eigenvalue weighted by molar-refractivity contribution is 5.76. The molecule has 0 aliphatic carbocycles. The molecular weight excluding hydrogens is 1050 g/mol. The van der Waals surface area contributed by atoms with Crippen molar-refractivity contribution in [3.05, 3.63) is 60.8 Å². The maximum Gasteiger partial charge on any atom is 0.305 e. The summed E-state index contributed by atoms with van der Waals surface area (Å²) >= 11 is 0. The molecular formula is C80H149NO5. The predicted octanol–water partition coefficient (Wildman–Crippen LogP) is 25.4. The van der Waals surface area contributed by atoms with Gasteiger partial charge in [-0.1, -0.05) is 370 Å². The summed E-state index contributed by atoms with van der Waals surface area (Å²) in [6.07, 6.45) is 100. The molecule has 0 fully saturated rings. The van der Waals surface area contributed by atoms with Gasteiger partial charge in [-0.05, 0) is 89.9 Å². The highest BCUT2D eigenvalue weighted by Crippen LogP contribution is 2.19. The molecule has 0 saturated heterocycles. The zero-order chi connectivity index (χ0) is 62.0. The molecule has 86 heavy (non-hydrogen) atoms. The van der Waals surface area contributed by atoms with Gasteiger partial charge in [0, 0.05) is 12.8 Å². The number of aliphatic hydroxyl groups excluding tert-OH is 2. The van der Waals surface area contributed by atoms with Crippen molar-refractivity contribution in [2.45, 2.75) is 424 Å². The number of rotatable bonds is 72. The minimum absolute atomic E-state index is 0.00190. The number of carbonyl (C=O) groups is 2. The Morgan fingerprint density at radius 3 is 0.919 bits per heavy atom. The molecule has 0 aromatic heterocycles. The van der Waals surface area contributed by atoms with E-state index in [1.165, 1.54) is 327 Å². The first-order valence-corrected chi connectivity index (χ1v) is 38.6. The third kappa shape index (κ3) is 70.6. The number of aliphatic hydroxyl groups is 2. The van der Waals surface area contributed by atoms with Gasteiger partial charge < -0.3 is 20.3 Å². The minimum atomic E-state index is -0.845. The SMILES string of the molecule is CCCC/C=C\C/C=C\CCCCCCCC(=O)OCCCCCCCCCCCCC/C=C\C/C=C\CCCCCCCCCCCCCCCCCCCC(=O)NC(CO)C(O)/C=C/CCCCCCCCCCCCCCCCCCCC. The fraction of sp³-hybridized carbons (Fsp3) is 0.850. The topological polar surface area (TPSA) is 95.9 Å². The molecule has 6 heteroatoms. The van der Waals surface area contributed by atoms with Gasteiger partial charge in [-0.15, -0.1) is 0 Å². The van der Waals surface area contributed by atoms with Crippen LogP contribution >= 0.6 is 0 Å². The smallest absolute Gasteiger partial charge is 0.305 e. The first-order chi connectivity index (χ1) is 42.5. The Balaban J connectivity index is 3.40. The summed E-state index contributed by atoms with van der Waals surface area (Å²) < 4.78 is 5.48. The molecule has 504 valence electrons. The van der Waals surface area contributed by atoms with E-state index in [-0.39, 0.29) is 18.5 Å². The maximum atomic E-state index is 12.5. The molecule has 2 unspecified atom stereocenters. The van der Waals surface area contributed by atoms with Gasteiger partial charge in [0.05, 0.1) is 25.4 Å². The Hall–Kier alpha value is -2.44. The Labute approximate surface area is 537 Å². The molecule has 0 bridgehead atoms. The van der Waals surface area contributed by atoms with Gasteiger partial charge in [-0.2, -0.15) is 0 Å². The lowest BCUT2D eigenvalue weighted by molar-refractivity contribution is -0.143. The van der Waals surface area contributed by atoms with Gasteiger partial charge in [0.1, 0.15) is 0 Å². The molecule has 0 radical (unpaired) electrons. The molecule has 0 aliphatic rings. The van der Waals surface area contributed by atoms with E-state index in [0.29, 0.717) is 19.4 Å². The average molecular weight is 1210 g/mol. The molecule has 6 nitrogen and oxygen atoms in total. The number of hydrogen-bond acceptors (Lipinski definition) is 5. The van der Waals surface area contributed by atoms with Crippen molar-refractivity contribution < 1.29 is 24.5 Å². The summed E-state index contributed by atoms with van der Waals surface area (Å²) in [6, 6.07) is -0.628. The second kappa shape index (κ2) is 75.0. The molecule has 2 atom stereocenters. The normalized spacial score (nSPS) is 12.8. The lowest BCUT2D eigenvalue weighted by Crippen LogP contribution is -2.45. The van der Waals surface area contributed by atoms with Crippen molar-refractivity contribution in [3.8, 4) is 0 Å². The second-order valence-corrected chi connectivity index (χ2v) is 26.3. The summed E-state index contributed by atoms with van der Waals surface area (Å²) in [5.74, 6) is -0.0604. The molecule has 0 spiro atoms. The first-order valence-electron chi connectivity index (χ1n) is 38.6. The number of carbonyl (C=O) groups excluding carboxylic acids is 2. The van der Waals surface area contributed by atoms with E-state index in [9.17, 15) is 19.8 Å². The van der Waals surface area contributed by atoms with Crippen LogP contribution in [0.25, 0.3) is 0 Å². The molecule has 0 saturated carbocycles. The number of nitrogens with one attached hydrogen (secondary N) is 1. The Morgan fingerprint density at radius 1 is 0.326 bits per heavy atom. The highest BCUT2D eigenvalue weighted by Gasteiger charge is 2.18. The van der Waals surface area contributed by atoms with Gasteiger partial charge >= 0.3 is 5.97 Å². The highest BCUT2D eigenvalue weighted by atomic mass is 16.5. The molecule has 0 heterocycles. The summed E-state index contributed by atoms with van der Waals surface area (Å²) in [5, 5.41) is 23.3. The van der Waals surface area contributed by atoms with Crippen LogP contribution < -0.4 is 5.32 Å². The monoisotopic (exact) mass is 1200 g/mol. The fourth-order valence-electron chi connectivity index (χ4n) is 11.9. The summed E-state index contributed by atoms with van der Waals surface area (Å²) in [7, 11) is 0. The number of esters is 1. The number of hydrogen-bond donors (Lipinski definition) is 3. The summed E-state index contributed by atoms with van der Waals surface area (Å²) in [4.78, 5) is 24.6. The van der Waals surface area contributed by atoms with Gasteiger partial charge in [-0.3, -0.25) is 9.59 Å². The summed E-state index contributed by atoms with van der Waals surface area (Å²) in [6.45, 7) is 4.89. The van der Waals surface area contributed by atoms with Gasteiger partial charge in [0.25, 0.3) is 0 Å². The Morgan fingerprint density at radius 2 is 0.593 bits per heavy atom. The first kappa shape index (κ1) is 83.6. The Bertz CT molecular complexity index is 1480. The van der Waals surface area contributed by atoms with Crippen LogP contribution in [0.2, 0.25) is 0 Å². The van der Waals surface area contributed by atoms with Crippen LogP contribution in [-0.4, -0.2) is 47.4 Å². The molecule has 0 aromatic rings. The number of allylic oxidation sites excluding steroid dienone is 9. The van der Waals surface area contributed by atoms with E-state index in [1.54, 1.807) is 6.08 Å². The van der Waals surface area contributed by atoms with Crippen molar-refractivity contribution in [2.24, 2.45) is 0 Å². The number of amides is 1. The van der Waals surface area contributed by atoms with E-state index in [2.05, 4.69) is 67.8 Å². The number of ether oxygens (including phenoxy) is 1. The van der Waals surface area contributed by atoms with Crippen LogP contribution in [-0.2, 0) is 14.3 Å². The van der Waals surface area contributed by atoms with Gasteiger partial charge in [0.15, 0.2) is 0 Å². The van der Waals surface area contributed by atoms with E-state index in [4.69, 9.17) is 4.74 Å². The van der Waals surface area contributed by atoms with Crippen LogP contribution in [0, 0.1) is 0 Å². The molecule has 0 aromatic carbocycles. The quantitative estimate of drug-likeness (QED) is 0.0320. The van der Waals surface area contributed by atoms with Crippen molar-refractivity contribution in [1.29, 1.82) is 0 Å². The third-order valence-corrected chi connectivity index (χ3v) is 17.8. The number of unbranched alkanes of at least 4 members (excludes halogenated alkanes) is 53. The van der Waals surface area contributed by atoms with Crippen LogP contribution in [0.15, 0.2) is 60.8 Å². The fourth-order valence-corrected chi connectivity index (χ4v) is 11.9. The van der Waals surface area contributed by atoms with Crippen molar-refractivity contribution >= 4 is 11.9 Å². The minimum Gasteiger partial charge on any atom is -0.466 e. The maximum absolute atomic E-state index is 12.5. The predicted molar refractivity (Wildman–Crippen MR) is 379 cm³/mol. The van der Waals surface area contributed by atoms with Crippen LogP contribution in [0.4, 0.5) is 0 Å². The summed E-state index contributed by atoms with van der Waals surface area (Å²) in [5.41, 5.74) is 0. The lowest BCUT2D eigenvalue weighted by Gasteiger charge is -2.20. The lowest BCUT2D eigenvalue weighted by atomic mass is 10.0. The molecule has 0 aliphatic heterocycles. The molecule has 3 N–H and O–H groups in total. The zero-order valence-corrected chi connectivity index (χ0v) is 57.8. The molecule has 1 amide bonds. The average Bonchev–Trinajstić information content (AvgIpc) is 3.54. The Kier molecular flexibility index (Phi) is 72.9. The van der Waals surface area contributed by atoms with E-state index >= 15 is 0 Å². The largest absolute Gasteiger partial charge is 0.466 e. The third-order valence-electron chi connectivity index (χ3n) is 17.8. The van der Waals surface area contributed by atoms with Crippen LogP contribution in [0.1, 0.15) is 412 Å². The standard InChI is InChI=1S/C80H149NO5/c1-3-5-7-9-11-13-15-17-19-20-21-39-42-45-48-52-56-60-64-68-72-78(83)77(76-82)81-79(84)73-69-65-61-57-53-49-46-43-40-37-35-33-31-29-27-25-23-22-24-26-28-30-32-34-36-38-41-44-47-51-55-59-63-67-71-75-86-80(85)74-70-66-62-58-54-50-18-16-14-12-10-8-6-4-2/h10,12,16,18,24,26,30,32,68,72,77-78,82-83H,3-9,11,13-15,17,19-23,25,27-29,31,33-67,69-71,73-76H2,1-2H3,(H,81,84)/b12-10-,18-16-,26-24-,32-30-,72-68+. The van der Waals surface area contributed by atoms with E-state index in [1.807, 2.05) is 6.08 Å². The van der Waals surface area contributed by atoms with Crippen molar-refractivity contribution in [1.82, 2.24) is 5.32 Å². The van der Waals surface area contributed by atoms with E-state index < -0.39 is 12.1 Å².